The van der Waals surface area contributed by atoms with Crippen LogP contribution in [0.2, 0.25) is 10.0 Å². The van der Waals surface area contributed by atoms with Crippen LogP contribution in [0, 0.1) is 5.92 Å². The van der Waals surface area contributed by atoms with Crippen molar-refractivity contribution in [2.45, 2.75) is 30.7 Å². The van der Waals surface area contributed by atoms with Crippen molar-refractivity contribution in [3.8, 4) is 11.5 Å². The maximum atomic E-state index is 13.0. The third-order valence-electron chi connectivity index (χ3n) is 5.60. The van der Waals surface area contributed by atoms with E-state index in [2.05, 4.69) is 5.32 Å². The largest absolute Gasteiger partial charge is 0.493 e. The van der Waals surface area contributed by atoms with Crippen LogP contribution >= 0.6 is 23.2 Å². The minimum absolute atomic E-state index is 0.0170. The summed E-state index contributed by atoms with van der Waals surface area (Å²) in [6, 6.07) is 9.61. The lowest BCUT2D eigenvalue weighted by atomic mass is 9.96. The predicted molar refractivity (Wildman–Crippen MR) is 124 cm³/mol. The van der Waals surface area contributed by atoms with Crippen LogP contribution < -0.4 is 14.8 Å². The van der Waals surface area contributed by atoms with Gasteiger partial charge in [0.25, 0.3) is 0 Å². The van der Waals surface area contributed by atoms with Crippen LogP contribution in [0.5, 0.6) is 11.5 Å². The van der Waals surface area contributed by atoms with Crippen LogP contribution in [0.25, 0.3) is 0 Å². The summed E-state index contributed by atoms with van der Waals surface area (Å²) in [5.74, 6) is 0.816. The van der Waals surface area contributed by atoms with E-state index in [1.165, 1.54) is 16.4 Å². The molecule has 0 spiro atoms. The molecule has 0 saturated carbocycles. The van der Waals surface area contributed by atoms with Crippen LogP contribution in [-0.4, -0.2) is 45.9 Å². The Kier molecular flexibility index (Phi) is 7.92. The number of rotatable bonds is 7. The minimum atomic E-state index is -3.79. The summed E-state index contributed by atoms with van der Waals surface area (Å²) in [5.41, 5.74) is 0.881. The highest BCUT2D eigenvalue weighted by molar-refractivity contribution is 7.89. The summed E-state index contributed by atoms with van der Waals surface area (Å²) in [7, 11) is -0.661. The van der Waals surface area contributed by atoms with Gasteiger partial charge in [0, 0.05) is 24.0 Å². The molecule has 0 radical (unpaired) electrons. The molecule has 2 aromatic rings. The summed E-state index contributed by atoms with van der Waals surface area (Å²) in [4.78, 5) is 12.8. The minimum Gasteiger partial charge on any atom is -0.493 e. The first-order chi connectivity index (χ1) is 15.2. The van der Waals surface area contributed by atoms with Gasteiger partial charge in [-0.1, -0.05) is 29.3 Å². The summed E-state index contributed by atoms with van der Waals surface area (Å²) >= 11 is 12.0. The first-order valence-electron chi connectivity index (χ1n) is 10.1. The standard InChI is InChI=1S/C22H26Cl2N2O5S/c1-14(16-4-7-19(30-2)20(12-16)31-3)25-22(27)15-8-10-26(11-9-15)32(28,29)21-13-17(23)5-6-18(21)24/h4-7,12-15H,8-11H2,1-3H3,(H,25,27)/t14-/m0/s1. The highest BCUT2D eigenvalue weighted by atomic mass is 35.5. The highest BCUT2D eigenvalue weighted by Crippen LogP contribution is 2.32. The van der Waals surface area contributed by atoms with Crippen molar-refractivity contribution in [1.82, 2.24) is 9.62 Å². The van der Waals surface area contributed by atoms with Crippen molar-refractivity contribution < 1.29 is 22.7 Å². The zero-order valence-corrected chi connectivity index (χ0v) is 20.4. The van der Waals surface area contributed by atoms with Crippen molar-refractivity contribution >= 4 is 39.1 Å². The van der Waals surface area contributed by atoms with Gasteiger partial charge in [-0.25, -0.2) is 8.42 Å². The average molecular weight is 501 g/mol. The number of sulfonamides is 1. The SMILES string of the molecule is COc1ccc([C@H](C)NC(=O)C2CCN(S(=O)(=O)c3cc(Cl)ccc3Cl)CC2)cc1OC. The van der Waals surface area contributed by atoms with Gasteiger partial charge in [0.05, 0.1) is 25.3 Å². The van der Waals surface area contributed by atoms with E-state index in [1.807, 2.05) is 19.1 Å². The molecule has 0 bridgehead atoms. The summed E-state index contributed by atoms with van der Waals surface area (Å²) < 4.78 is 37.9. The lowest BCUT2D eigenvalue weighted by Crippen LogP contribution is -2.43. The molecule has 1 aliphatic rings. The second-order valence-corrected chi connectivity index (χ2v) is 10.3. The second kappa shape index (κ2) is 10.3. The van der Waals surface area contributed by atoms with Gasteiger partial charge in [0.15, 0.2) is 11.5 Å². The number of hydrogen-bond donors (Lipinski definition) is 1. The number of piperidine rings is 1. The summed E-state index contributed by atoms with van der Waals surface area (Å²) in [5, 5.41) is 3.44. The van der Waals surface area contributed by atoms with E-state index in [9.17, 15) is 13.2 Å². The van der Waals surface area contributed by atoms with E-state index in [4.69, 9.17) is 32.7 Å². The Balaban J connectivity index is 1.62. The molecule has 0 unspecified atom stereocenters. The Hall–Kier alpha value is -2.00. The van der Waals surface area contributed by atoms with Crippen LogP contribution in [-0.2, 0) is 14.8 Å². The first-order valence-corrected chi connectivity index (χ1v) is 12.3. The normalized spacial score (nSPS) is 16.4. The van der Waals surface area contributed by atoms with Gasteiger partial charge in [0.2, 0.25) is 15.9 Å². The van der Waals surface area contributed by atoms with Crippen molar-refractivity contribution in [3.05, 3.63) is 52.0 Å². The first kappa shape index (κ1) is 24.6. The Bertz CT molecular complexity index is 1090. The number of benzene rings is 2. The molecule has 1 saturated heterocycles. The number of carbonyl (C=O) groups is 1. The third kappa shape index (κ3) is 5.31. The van der Waals surface area contributed by atoms with Gasteiger partial charge in [0.1, 0.15) is 4.90 Å². The molecule has 3 rings (SSSR count). The molecule has 174 valence electrons. The number of methoxy groups -OCH3 is 2. The van der Waals surface area contributed by atoms with E-state index in [1.54, 1.807) is 26.4 Å². The summed E-state index contributed by atoms with van der Waals surface area (Å²) in [6.07, 6.45) is 0.837. The van der Waals surface area contributed by atoms with Gasteiger partial charge in [-0.2, -0.15) is 4.31 Å². The van der Waals surface area contributed by atoms with Gasteiger partial charge in [-0.15, -0.1) is 0 Å². The van der Waals surface area contributed by atoms with Crippen molar-refractivity contribution in [3.63, 3.8) is 0 Å². The molecular weight excluding hydrogens is 475 g/mol. The number of hydrogen-bond acceptors (Lipinski definition) is 5. The number of halogens is 2. The van der Waals surface area contributed by atoms with E-state index in [0.717, 1.165) is 5.56 Å². The number of ether oxygens (including phenoxy) is 2. The second-order valence-electron chi connectivity index (χ2n) is 7.60. The molecule has 7 nitrogen and oxygen atoms in total. The fraction of sp³-hybridized carbons (Fsp3) is 0.409. The highest BCUT2D eigenvalue weighted by Gasteiger charge is 2.33. The molecule has 0 aliphatic carbocycles. The van der Waals surface area contributed by atoms with Gasteiger partial charge in [-0.05, 0) is 55.7 Å². The molecule has 1 atom stereocenters. The average Bonchev–Trinajstić information content (AvgIpc) is 2.80. The van der Waals surface area contributed by atoms with E-state index >= 15 is 0 Å². The van der Waals surface area contributed by atoms with Crippen LogP contribution in [0.4, 0.5) is 0 Å². The molecule has 2 aromatic carbocycles. The number of carbonyl (C=O) groups excluding carboxylic acids is 1. The Morgan fingerprint density at radius 1 is 1.06 bits per heavy atom. The Labute approximate surface area is 198 Å². The van der Waals surface area contributed by atoms with E-state index < -0.39 is 10.0 Å². The van der Waals surface area contributed by atoms with Gasteiger partial charge in [-0.3, -0.25) is 4.79 Å². The number of amides is 1. The molecule has 1 N–H and O–H groups in total. The molecule has 1 amide bonds. The van der Waals surface area contributed by atoms with E-state index in [0.29, 0.717) is 29.4 Å². The molecule has 1 fully saturated rings. The lowest BCUT2D eigenvalue weighted by Gasteiger charge is -2.31. The van der Waals surface area contributed by atoms with Gasteiger partial charge < -0.3 is 14.8 Å². The van der Waals surface area contributed by atoms with Crippen LogP contribution in [0.1, 0.15) is 31.4 Å². The quantitative estimate of drug-likeness (QED) is 0.612. The molecule has 1 heterocycles. The fourth-order valence-corrected chi connectivity index (χ4v) is 5.92. The van der Waals surface area contributed by atoms with Crippen LogP contribution in [0.15, 0.2) is 41.3 Å². The van der Waals surface area contributed by atoms with Crippen molar-refractivity contribution in [2.24, 2.45) is 5.92 Å². The topological polar surface area (TPSA) is 84.9 Å². The number of nitrogens with zero attached hydrogens (tertiary/aromatic N) is 1. The molecule has 0 aromatic heterocycles. The predicted octanol–water partition coefficient (Wildman–Crippen LogP) is 4.29. The molecule has 1 aliphatic heterocycles. The third-order valence-corrected chi connectivity index (χ3v) is 8.22. The lowest BCUT2D eigenvalue weighted by molar-refractivity contribution is -0.126. The zero-order valence-electron chi connectivity index (χ0n) is 18.1. The molecule has 10 heteroatoms. The van der Waals surface area contributed by atoms with Crippen LogP contribution in [0.3, 0.4) is 0 Å². The Morgan fingerprint density at radius 3 is 2.34 bits per heavy atom. The van der Waals surface area contributed by atoms with Crippen molar-refractivity contribution in [2.75, 3.05) is 27.3 Å². The Morgan fingerprint density at radius 2 is 1.72 bits per heavy atom. The zero-order chi connectivity index (χ0) is 23.5. The summed E-state index contributed by atoms with van der Waals surface area (Å²) in [6.45, 7) is 2.35. The van der Waals surface area contributed by atoms with Crippen molar-refractivity contribution in [1.29, 1.82) is 0 Å². The maximum Gasteiger partial charge on any atom is 0.244 e. The molecular formula is C22H26Cl2N2O5S. The van der Waals surface area contributed by atoms with E-state index in [-0.39, 0.29) is 40.9 Å². The number of nitrogens with one attached hydrogen (secondary N) is 1. The fourth-order valence-electron chi connectivity index (χ4n) is 3.71. The monoisotopic (exact) mass is 500 g/mol. The maximum absolute atomic E-state index is 13.0. The molecule has 32 heavy (non-hydrogen) atoms. The van der Waals surface area contributed by atoms with Gasteiger partial charge >= 0.3 is 0 Å². The smallest absolute Gasteiger partial charge is 0.244 e.